The van der Waals surface area contributed by atoms with Gasteiger partial charge in [-0.3, -0.25) is 5.10 Å². The molecule has 0 radical (unpaired) electrons. The molecular formula is C9H14N4O2S2. The van der Waals surface area contributed by atoms with Crippen LogP contribution in [0.4, 0.5) is 0 Å². The fraction of sp³-hybridized carbons (Fsp3) is 0.556. The van der Waals surface area contributed by atoms with Crippen LogP contribution in [0, 0.1) is 0 Å². The Balaban J connectivity index is 2.18. The summed E-state index contributed by atoms with van der Waals surface area (Å²) < 4.78 is 26.0. The van der Waals surface area contributed by atoms with Crippen molar-refractivity contribution in [2.24, 2.45) is 5.73 Å². The SMILES string of the molecule is NC(=S)CCN(C1CC1)S(=O)(=O)c1ccn[nH]1. The summed E-state index contributed by atoms with van der Waals surface area (Å²) in [6, 6.07) is 1.53. The molecule has 17 heavy (non-hydrogen) atoms. The van der Waals surface area contributed by atoms with Gasteiger partial charge in [-0.1, -0.05) is 12.2 Å². The van der Waals surface area contributed by atoms with Crippen molar-refractivity contribution in [3.8, 4) is 0 Å². The Kier molecular flexibility index (Phi) is 3.45. The van der Waals surface area contributed by atoms with Gasteiger partial charge in [-0.15, -0.1) is 0 Å². The molecule has 0 spiro atoms. The highest BCUT2D eigenvalue weighted by atomic mass is 32.2. The first kappa shape index (κ1) is 12.5. The number of hydrogen-bond donors (Lipinski definition) is 2. The number of H-pyrrole nitrogens is 1. The van der Waals surface area contributed by atoms with Gasteiger partial charge >= 0.3 is 0 Å². The second-order valence-corrected chi connectivity index (χ2v) is 6.37. The van der Waals surface area contributed by atoms with Crippen molar-refractivity contribution < 1.29 is 8.42 Å². The molecule has 0 atom stereocenters. The fourth-order valence-corrected chi connectivity index (χ4v) is 3.27. The number of aromatic amines is 1. The van der Waals surface area contributed by atoms with E-state index in [4.69, 9.17) is 18.0 Å². The van der Waals surface area contributed by atoms with E-state index in [1.807, 2.05) is 0 Å². The topological polar surface area (TPSA) is 92.1 Å². The number of nitrogens with one attached hydrogen (secondary N) is 1. The van der Waals surface area contributed by atoms with Crippen LogP contribution in [0.1, 0.15) is 19.3 Å². The van der Waals surface area contributed by atoms with Crippen LogP contribution in [0.5, 0.6) is 0 Å². The van der Waals surface area contributed by atoms with Crippen LogP contribution < -0.4 is 5.73 Å². The molecule has 6 nitrogen and oxygen atoms in total. The van der Waals surface area contributed by atoms with Crippen LogP contribution >= 0.6 is 12.2 Å². The van der Waals surface area contributed by atoms with Gasteiger partial charge < -0.3 is 5.73 Å². The van der Waals surface area contributed by atoms with Crippen molar-refractivity contribution in [1.29, 1.82) is 0 Å². The molecule has 1 aromatic rings. The molecule has 1 aliphatic rings. The summed E-state index contributed by atoms with van der Waals surface area (Å²) in [5, 5.41) is 6.27. The molecule has 0 aliphatic heterocycles. The predicted octanol–water partition coefficient (Wildman–Crippen LogP) is 0.239. The van der Waals surface area contributed by atoms with Gasteiger partial charge in [-0.25, -0.2) is 8.42 Å². The van der Waals surface area contributed by atoms with Crippen molar-refractivity contribution in [2.75, 3.05) is 6.54 Å². The number of nitrogens with two attached hydrogens (primary N) is 1. The van der Waals surface area contributed by atoms with E-state index in [1.54, 1.807) is 0 Å². The summed E-state index contributed by atoms with van der Waals surface area (Å²) >= 11 is 4.78. The van der Waals surface area contributed by atoms with Crippen LogP contribution in [-0.2, 0) is 10.0 Å². The van der Waals surface area contributed by atoms with Crippen LogP contribution in [0.3, 0.4) is 0 Å². The molecule has 3 N–H and O–H groups in total. The van der Waals surface area contributed by atoms with Gasteiger partial charge in [0.25, 0.3) is 10.0 Å². The van der Waals surface area contributed by atoms with Crippen molar-refractivity contribution in [3.63, 3.8) is 0 Å². The number of nitrogens with zero attached hydrogens (tertiary/aromatic N) is 2. The quantitative estimate of drug-likeness (QED) is 0.725. The van der Waals surface area contributed by atoms with Gasteiger partial charge in [-0.05, 0) is 18.9 Å². The molecule has 94 valence electrons. The zero-order valence-electron chi connectivity index (χ0n) is 9.17. The number of sulfonamides is 1. The van der Waals surface area contributed by atoms with Gasteiger partial charge in [-0.2, -0.15) is 9.40 Å². The van der Waals surface area contributed by atoms with Crippen LogP contribution in [0.15, 0.2) is 17.3 Å². The first-order valence-electron chi connectivity index (χ1n) is 5.31. The smallest absolute Gasteiger partial charge is 0.260 e. The predicted molar refractivity (Wildman–Crippen MR) is 66.9 cm³/mol. The maximum absolute atomic E-state index is 12.3. The molecule has 0 saturated heterocycles. The van der Waals surface area contributed by atoms with E-state index in [9.17, 15) is 8.42 Å². The lowest BCUT2D eigenvalue weighted by atomic mass is 10.4. The minimum atomic E-state index is -3.49. The first-order chi connectivity index (χ1) is 8.01. The highest BCUT2D eigenvalue weighted by Crippen LogP contribution is 2.31. The second-order valence-electron chi connectivity index (χ2n) is 3.98. The molecule has 8 heteroatoms. The Morgan fingerprint density at radius 2 is 2.35 bits per heavy atom. The minimum absolute atomic E-state index is 0.0812. The normalized spacial score (nSPS) is 16.3. The van der Waals surface area contributed by atoms with Crippen molar-refractivity contribution in [1.82, 2.24) is 14.5 Å². The average molecular weight is 274 g/mol. The Morgan fingerprint density at radius 1 is 1.65 bits per heavy atom. The Morgan fingerprint density at radius 3 is 2.82 bits per heavy atom. The molecule has 1 saturated carbocycles. The highest BCUT2D eigenvalue weighted by molar-refractivity contribution is 7.89. The van der Waals surface area contributed by atoms with E-state index in [-0.39, 0.29) is 11.1 Å². The summed E-state index contributed by atoms with van der Waals surface area (Å²) in [7, 11) is -3.49. The van der Waals surface area contributed by atoms with Gasteiger partial charge in [0.2, 0.25) is 0 Å². The van der Waals surface area contributed by atoms with Crippen molar-refractivity contribution in [2.45, 2.75) is 30.3 Å². The van der Waals surface area contributed by atoms with Gasteiger partial charge in [0.15, 0.2) is 5.03 Å². The van der Waals surface area contributed by atoms with E-state index in [2.05, 4.69) is 10.2 Å². The summed E-state index contributed by atoms with van der Waals surface area (Å²) in [4.78, 5) is 0.329. The molecule has 1 heterocycles. The lowest BCUT2D eigenvalue weighted by Crippen LogP contribution is -2.35. The van der Waals surface area contributed by atoms with Crippen molar-refractivity contribution in [3.05, 3.63) is 12.3 Å². The van der Waals surface area contributed by atoms with E-state index in [0.717, 1.165) is 12.8 Å². The number of thiocarbonyl (C=S) groups is 1. The van der Waals surface area contributed by atoms with Crippen LogP contribution in [0.2, 0.25) is 0 Å². The molecule has 0 bridgehead atoms. The second kappa shape index (κ2) is 4.71. The van der Waals surface area contributed by atoms with E-state index < -0.39 is 10.0 Å². The Labute approximate surface area is 105 Å². The molecule has 1 aromatic heterocycles. The lowest BCUT2D eigenvalue weighted by molar-refractivity contribution is 0.411. The number of rotatable bonds is 6. The Bertz CT molecular complexity index is 493. The third-order valence-electron chi connectivity index (χ3n) is 2.59. The maximum atomic E-state index is 12.3. The number of aromatic nitrogens is 2. The lowest BCUT2D eigenvalue weighted by Gasteiger charge is -2.20. The summed E-state index contributed by atoms with van der Waals surface area (Å²) in [5.41, 5.74) is 5.41. The summed E-state index contributed by atoms with van der Waals surface area (Å²) in [6.45, 7) is 0.335. The molecule has 0 amide bonds. The average Bonchev–Trinajstić information content (AvgIpc) is 2.92. The molecular weight excluding hydrogens is 260 g/mol. The molecule has 2 rings (SSSR count). The monoisotopic (exact) mass is 274 g/mol. The molecule has 0 aromatic carbocycles. The first-order valence-corrected chi connectivity index (χ1v) is 7.16. The largest absolute Gasteiger partial charge is 0.393 e. The highest BCUT2D eigenvalue weighted by Gasteiger charge is 2.38. The molecule has 1 fully saturated rings. The third kappa shape index (κ3) is 2.82. The molecule has 0 unspecified atom stereocenters. The zero-order valence-corrected chi connectivity index (χ0v) is 10.8. The zero-order chi connectivity index (χ0) is 12.5. The third-order valence-corrected chi connectivity index (χ3v) is 4.68. The van der Waals surface area contributed by atoms with Crippen molar-refractivity contribution >= 4 is 27.2 Å². The molecule has 1 aliphatic carbocycles. The van der Waals surface area contributed by atoms with Gasteiger partial charge in [0.1, 0.15) is 0 Å². The number of hydrogen-bond acceptors (Lipinski definition) is 4. The van der Waals surface area contributed by atoms with E-state index >= 15 is 0 Å². The van der Waals surface area contributed by atoms with E-state index in [0.29, 0.717) is 18.0 Å². The van der Waals surface area contributed by atoms with Crippen LogP contribution in [-0.4, -0.2) is 40.5 Å². The maximum Gasteiger partial charge on any atom is 0.260 e. The minimum Gasteiger partial charge on any atom is -0.393 e. The summed E-state index contributed by atoms with van der Waals surface area (Å²) in [5.74, 6) is 0. The fourth-order valence-electron chi connectivity index (χ4n) is 1.60. The van der Waals surface area contributed by atoms with Crippen LogP contribution in [0.25, 0.3) is 0 Å². The summed E-state index contributed by atoms with van der Waals surface area (Å²) in [6.07, 6.45) is 3.61. The Hall–Kier alpha value is -0.990. The van der Waals surface area contributed by atoms with Gasteiger partial charge in [0.05, 0.1) is 11.2 Å². The van der Waals surface area contributed by atoms with Gasteiger partial charge in [0, 0.05) is 19.0 Å². The van der Waals surface area contributed by atoms with E-state index in [1.165, 1.54) is 16.6 Å². The standard InChI is InChI=1S/C9H14N4O2S2/c10-8(16)4-6-13(7-1-2-7)17(14,15)9-3-5-11-12-9/h3,5,7H,1-2,4,6H2,(H2,10,16)(H,11,12).